The van der Waals surface area contributed by atoms with E-state index in [1.165, 1.54) is 23.5 Å². The van der Waals surface area contributed by atoms with E-state index in [9.17, 15) is 14.9 Å². The Morgan fingerprint density at radius 2 is 1.91 bits per heavy atom. The number of rotatable bonds is 7. The Morgan fingerprint density at radius 1 is 1.15 bits per heavy atom. The Morgan fingerprint density at radius 3 is 2.68 bits per heavy atom. The van der Waals surface area contributed by atoms with Crippen molar-refractivity contribution in [1.29, 1.82) is 0 Å². The molecule has 5 rings (SSSR count). The van der Waals surface area contributed by atoms with Gasteiger partial charge in [-0.1, -0.05) is 35.6 Å². The molecule has 9 nitrogen and oxygen atoms in total. The minimum atomic E-state index is -0.451. The molecule has 2 heterocycles. The van der Waals surface area contributed by atoms with Gasteiger partial charge in [-0.3, -0.25) is 25.1 Å². The van der Waals surface area contributed by atoms with E-state index in [4.69, 9.17) is 9.47 Å². The molecule has 0 bridgehead atoms. The fourth-order valence-corrected chi connectivity index (χ4v) is 4.76. The van der Waals surface area contributed by atoms with Crippen LogP contribution in [0.5, 0.6) is 5.75 Å². The summed E-state index contributed by atoms with van der Waals surface area (Å²) in [6.07, 6.45) is 0. The van der Waals surface area contributed by atoms with Gasteiger partial charge in [-0.25, -0.2) is 4.98 Å². The molecule has 0 aliphatic carbocycles. The molecule has 1 fully saturated rings. The predicted molar refractivity (Wildman–Crippen MR) is 131 cm³/mol. The SMILES string of the molecule is O=C(Nc1nc2ccc([N+](=O)[O-])cc2s1)c1cc2ccccc2cc1OCCN1CCOCC1. The molecule has 0 spiro atoms. The van der Waals surface area contributed by atoms with Gasteiger partial charge in [0.2, 0.25) is 0 Å². The number of ether oxygens (including phenoxy) is 2. The number of non-ortho nitro benzene ring substituents is 1. The lowest BCUT2D eigenvalue weighted by molar-refractivity contribution is -0.384. The number of hydrogen-bond donors (Lipinski definition) is 1. The van der Waals surface area contributed by atoms with Crippen LogP contribution < -0.4 is 10.1 Å². The third-order valence-electron chi connectivity index (χ3n) is 5.66. The van der Waals surface area contributed by atoms with Crippen molar-refractivity contribution in [2.75, 3.05) is 44.8 Å². The van der Waals surface area contributed by atoms with Gasteiger partial charge in [-0.15, -0.1) is 0 Å². The second-order valence-electron chi connectivity index (χ2n) is 7.88. The van der Waals surface area contributed by atoms with Gasteiger partial charge in [-0.05, 0) is 29.0 Å². The summed E-state index contributed by atoms with van der Waals surface area (Å²) in [5.74, 6) is 0.155. The molecule has 0 radical (unpaired) electrons. The van der Waals surface area contributed by atoms with Crippen molar-refractivity contribution in [2.45, 2.75) is 0 Å². The number of nitro benzene ring substituents is 1. The minimum absolute atomic E-state index is 0.0143. The van der Waals surface area contributed by atoms with Crippen LogP contribution in [0.2, 0.25) is 0 Å². The summed E-state index contributed by atoms with van der Waals surface area (Å²) in [6, 6.07) is 15.9. The van der Waals surface area contributed by atoms with Gasteiger partial charge in [0.15, 0.2) is 5.13 Å². The summed E-state index contributed by atoms with van der Waals surface area (Å²) in [7, 11) is 0. The molecule has 34 heavy (non-hydrogen) atoms. The Kier molecular flexibility index (Phi) is 6.35. The van der Waals surface area contributed by atoms with Crippen LogP contribution in [0.1, 0.15) is 10.4 Å². The van der Waals surface area contributed by atoms with Gasteiger partial charge in [0, 0.05) is 31.8 Å². The van der Waals surface area contributed by atoms with Crippen molar-refractivity contribution in [3.05, 3.63) is 70.3 Å². The van der Waals surface area contributed by atoms with Crippen molar-refractivity contribution in [3.8, 4) is 5.75 Å². The number of nitrogens with one attached hydrogen (secondary N) is 1. The molecule has 3 aromatic carbocycles. The lowest BCUT2D eigenvalue weighted by Gasteiger charge is -2.26. The standard InChI is InChI=1S/C24H22N4O5S/c29-23(26-24-25-20-6-5-18(28(30)31)15-22(20)34-24)19-13-16-3-1-2-4-17(16)14-21(19)33-12-9-27-7-10-32-11-8-27/h1-6,13-15H,7-12H2,(H,25,26,29). The summed E-state index contributed by atoms with van der Waals surface area (Å²) in [5.41, 5.74) is 0.983. The van der Waals surface area contributed by atoms with Gasteiger partial charge in [0.25, 0.3) is 11.6 Å². The van der Waals surface area contributed by atoms with Crippen LogP contribution in [0.15, 0.2) is 54.6 Å². The molecule has 4 aromatic rings. The first-order chi connectivity index (χ1) is 16.6. The van der Waals surface area contributed by atoms with Gasteiger partial charge in [0.1, 0.15) is 12.4 Å². The molecule has 0 saturated carbocycles. The Balaban J connectivity index is 1.38. The van der Waals surface area contributed by atoms with Crippen molar-refractivity contribution in [3.63, 3.8) is 0 Å². The lowest BCUT2D eigenvalue weighted by Crippen LogP contribution is -2.38. The lowest BCUT2D eigenvalue weighted by atomic mass is 10.1. The molecule has 0 atom stereocenters. The maximum absolute atomic E-state index is 13.2. The van der Waals surface area contributed by atoms with Crippen LogP contribution in [-0.4, -0.2) is 60.2 Å². The Bertz CT molecular complexity index is 1370. The summed E-state index contributed by atoms with van der Waals surface area (Å²) >= 11 is 1.19. The molecule has 1 saturated heterocycles. The predicted octanol–water partition coefficient (Wildman–Crippen LogP) is 4.32. The number of carbonyl (C=O) groups excluding carboxylic acids is 1. The first-order valence-corrected chi connectivity index (χ1v) is 11.7. The normalized spacial score (nSPS) is 14.4. The highest BCUT2D eigenvalue weighted by Gasteiger charge is 2.18. The van der Waals surface area contributed by atoms with Crippen LogP contribution in [0.4, 0.5) is 10.8 Å². The van der Waals surface area contributed by atoms with Crippen molar-refractivity contribution < 1.29 is 19.2 Å². The molecular formula is C24H22N4O5S. The number of fused-ring (bicyclic) bond motifs is 2. The van der Waals surface area contributed by atoms with Crippen LogP contribution in [0.25, 0.3) is 21.0 Å². The number of nitrogens with zero attached hydrogens (tertiary/aromatic N) is 3. The van der Waals surface area contributed by atoms with E-state index in [1.54, 1.807) is 6.07 Å². The summed E-state index contributed by atoms with van der Waals surface area (Å²) < 4.78 is 12.1. The molecule has 1 amide bonds. The third kappa shape index (κ3) is 4.84. The smallest absolute Gasteiger partial charge is 0.270 e. The maximum Gasteiger partial charge on any atom is 0.270 e. The van der Waals surface area contributed by atoms with Crippen molar-refractivity contribution >= 4 is 49.1 Å². The monoisotopic (exact) mass is 478 g/mol. The van der Waals surface area contributed by atoms with Gasteiger partial charge in [0.05, 0.1) is 33.9 Å². The molecule has 1 aromatic heterocycles. The fraction of sp³-hybridized carbons (Fsp3) is 0.250. The first-order valence-electron chi connectivity index (χ1n) is 10.9. The van der Waals surface area contributed by atoms with Crippen LogP contribution >= 0.6 is 11.3 Å². The van der Waals surface area contributed by atoms with Gasteiger partial charge < -0.3 is 9.47 Å². The van der Waals surface area contributed by atoms with E-state index in [0.717, 1.165) is 43.6 Å². The molecule has 0 unspecified atom stereocenters. The fourth-order valence-electron chi connectivity index (χ4n) is 3.87. The number of thiazole rings is 1. The maximum atomic E-state index is 13.2. The second kappa shape index (κ2) is 9.72. The van der Waals surface area contributed by atoms with E-state index in [-0.39, 0.29) is 11.6 Å². The average Bonchev–Trinajstić information content (AvgIpc) is 3.25. The van der Waals surface area contributed by atoms with Crippen molar-refractivity contribution in [2.24, 2.45) is 0 Å². The van der Waals surface area contributed by atoms with E-state index < -0.39 is 4.92 Å². The second-order valence-corrected chi connectivity index (χ2v) is 8.91. The van der Waals surface area contributed by atoms with E-state index >= 15 is 0 Å². The molecule has 10 heteroatoms. The number of amides is 1. The zero-order chi connectivity index (χ0) is 23.5. The van der Waals surface area contributed by atoms with Crippen molar-refractivity contribution in [1.82, 2.24) is 9.88 Å². The molecule has 1 N–H and O–H groups in total. The quantitative estimate of drug-likeness (QED) is 0.311. The third-order valence-corrected chi connectivity index (χ3v) is 6.60. The topological polar surface area (TPSA) is 107 Å². The van der Waals surface area contributed by atoms with E-state index in [2.05, 4.69) is 15.2 Å². The number of carbonyl (C=O) groups is 1. The summed E-state index contributed by atoms with van der Waals surface area (Å²) in [6.45, 7) is 4.36. The Labute approximate surface area is 199 Å². The minimum Gasteiger partial charge on any atom is -0.491 e. The number of anilines is 1. The average molecular weight is 479 g/mol. The first kappa shape index (κ1) is 22.2. The summed E-state index contributed by atoms with van der Waals surface area (Å²) in [4.78, 5) is 30.5. The molecule has 1 aliphatic rings. The molecular weight excluding hydrogens is 456 g/mol. The van der Waals surface area contributed by atoms with Crippen LogP contribution in [-0.2, 0) is 4.74 Å². The number of benzene rings is 3. The highest BCUT2D eigenvalue weighted by molar-refractivity contribution is 7.22. The van der Waals surface area contributed by atoms with Crippen LogP contribution in [0.3, 0.4) is 0 Å². The zero-order valence-corrected chi connectivity index (χ0v) is 19.0. The number of nitro groups is 1. The number of morpholine rings is 1. The van der Waals surface area contributed by atoms with E-state index in [0.29, 0.717) is 33.3 Å². The van der Waals surface area contributed by atoms with Crippen LogP contribution in [0, 0.1) is 10.1 Å². The highest BCUT2D eigenvalue weighted by Crippen LogP contribution is 2.31. The van der Waals surface area contributed by atoms with Gasteiger partial charge >= 0.3 is 0 Å². The van der Waals surface area contributed by atoms with Gasteiger partial charge in [-0.2, -0.15) is 0 Å². The number of aromatic nitrogens is 1. The zero-order valence-electron chi connectivity index (χ0n) is 18.2. The highest BCUT2D eigenvalue weighted by atomic mass is 32.1. The largest absolute Gasteiger partial charge is 0.491 e. The molecule has 174 valence electrons. The van der Waals surface area contributed by atoms with E-state index in [1.807, 2.05) is 36.4 Å². The summed E-state index contributed by atoms with van der Waals surface area (Å²) in [5, 5.41) is 16.1. The number of hydrogen-bond acceptors (Lipinski definition) is 8. The molecule has 1 aliphatic heterocycles. The Hall–Kier alpha value is -3.60.